The van der Waals surface area contributed by atoms with Crippen LogP contribution in [-0.2, 0) is 9.47 Å². The van der Waals surface area contributed by atoms with Crippen molar-refractivity contribution in [2.45, 2.75) is 38.3 Å². The van der Waals surface area contributed by atoms with Crippen molar-refractivity contribution >= 4 is 0 Å². The second-order valence-electron chi connectivity index (χ2n) is 5.05. The van der Waals surface area contributed by atoms with Gasteiger partial charge in [0.25, 0.3) is 0 Å². The average Bonchev–Trinajstić information content (AvgIpc) is 2.48. The van der Waals surface area contributed by atoms with Gasteiger partial charge in [-0.25, -0.2) is 0 Å². The van der Waals surface area contributed by atoms with Gasteiger partial charge in [0.05, 0.1) is 25.4 Å². The first-order chi connectivity index (χ1) is 9.40. The summed E-state index contributed by atoms with van der Waals surface area (Å²) in [5, 5.41) is 3.47. The van der Waals surface area contributed by atoms with E-state index in [9.17, 15) is 0 Å². The Kier molecular flexibility index (Phi) is 6.34. The number of benzene rings is 1. The minimum absolute atomic E-state index is 0.273. The third kappa shape index (κ3) is 4.94. The second kappa shape index (κ2) is 8.31. The lowest BCUT2D eigenvalue weighted by atomic mass is 10.1. The standard InChI is InChI=1S/C16H25NO2/c1-2-17-16(14-8-4-3-5-9-14)13-18-12-15-10-6-7-11-19-15/h3-5,8-9,15-17H,2,6-7,10-13H2,1H3. The molecule has 0 saturated carbocycles. The van der Waals surface area contributed by atoms with Crippen LogP contribution in [0, 0.1) is 0 Å². The summed E-state index contributed by atoms with van der Waals surface area (Å²) in [7, 11) is 0. The maximum atomic E-state index is 5.85. The van der Waals surface area contributed by atoms with E-state index >= 15 is 0 Å². The van der Waals surface area contributed by atoms with Gasteiger partial charge in [-0.15, -0.1) is 0 Å². The molecule has 106 valence electrons. The Morgan fingerprint density at radius 3 is 2.84 bits per heavy atom. The molecule has 2 rings (SSSR count). The van der Waals surface area contributed by atoms with Crippen molar-refractivity contribution in [1.29, 1.82) is 0 Å². The highest BCUT2D eigenvalue weighted by Gasteiger charge is 2.15. The molecular formula is C16H25NO2. The molecule has 1 saturated heterocycles. The molecule has 0 spiro atoms. The molecule has 1 aromatic rings. The smallest absolute Gasteiger partial charge is 0.0808 e. The molecule has 1 aliphatic heterocycles. The largest absolute Gasteiger partial charge is 0.377 e. The minimum Gasteiger partial charge on any atom is -0.377 e. The highest BCUT2D eigenvalue weighted by Crippen LogP contribution is 2.15. The van der Waals surface area contributed by atoms with Crippen LogP contribution in [0.3, 0.4) is 0 Å². The van der Waals surface area contributed by atoms with Crippen LogP contribution in [0.15, 0.2) is 30.3 Å². The van der Waals surface area contributed by atoms with Crippen molar-refractivity contribution in [2.24, 2.45) is 0 Å². The molecule has 3 heteroatoms. The van der Waals surface area contributed by atoms with Gasteiger partial charge in [-0.1, -0.05) is 37.3 Å². The van der Waals surface area contributed by atoms with Crippen molar-refractivity contribution in [3.63, 3.8) is 0 Å². The molecule has 0 bridgehead atoms. The molecule has 0 amide bonds. The van der Waals surface area contributed by atoms with E-state index in [1.807, 2.05) is 6.07 Å². The molecule has 1 aliphatic rings. The van der Waals surface area contributed by atoms with Crippen molar-refractivity contribution in [1.82, 2.24) is 5.32 Å². The molecule has 1 heterocycles. The van der Waals surface area contributed by atoms with Gasteiger partial charge in [0.1, 0.15) is 0 Å². The fourth-order valence-corrected chi connectivity index (χ4v) is 2.46. The zero-order valence-corrected chi connectivity index (χ0v) is 11.8. The van der Waals surface area contributed by atoms with E-state index in [1.54, 1.807) is 0 Å². The molecule has 3 nitrogen and oxygen atoms in total. The fourth-order valence-electron chi connectivity index (χ4n) is 2.46. The number of ether oxygens (including phenoxy) is 2. The lowest BCUT2D eigenvalue weighted by Crippen LogP contribution is -2.29. The lowest BCUT2D eigenvalue weighted by molar-refractivity contribution is -0.0442. The number of nitrogens with one attached hydrogen (secondary N) is 1. The Hall–Kier alpha value is -0.900. The lowest BCUT2D eigenvalue weighted by Gasteiger charge is -2.24. The van der Waals surface area contributed by atoms with E-state index in [0.29, 0.717) is 19.3 Å². The van der Waals surface area contributed by atoms with Crippen molar-refractivity contribution in [2.75, 3.05) is 26.4 Å². The van der Waals surface area contributed by atoms with Crippen LogP contribution in [0.4, 0.5) is 0 Å². The van der Waals surface area contributed by atoms with E-state index in [-0.39, 0.29) is 6.04 Å². The Bertz CT molecular complexity index is 336. The predicted molar refractivity (Wildman–Crippen MR) is 77.3 cm³/mol. The molecular weight excluding hydrogens is 238 g/mol. The Morgan fingerprint density at radius 1 is 1.32 bits per heavy atom. The summed E-state index contributed by atoms with van der Waals surface area (Å²) in [6, 6.07) is 10.8. The van der Waals surface area contributed by atoms with Crippen LogP contribution >= 0.6 is 0 Å². The third-order valence-corrected chi connectivity index (χ3v) is 3.51. The summed E-state index contributed by atoms with van der Waals surface area (Å²) in [4.78, 5) is 0. The fraction of sp³-hybridized carbons (Fsp3) is 0.625. The molecule has 19 heavy (non-hydrogen) atoms. The minimum atomic E-state index is 0.273. The van der Waals surface area contributed by atoms with Gasteiger partial charge < -0.3 is 14.8 Å². The maximum absolute atomic E-state index is 5.85. The van der Waals surface area contributed by atoms with E-state index < -0.39 is 0 Å². The molecule has 0 aromatic heterocycles. The summed E-state index contributed by atoms with van der Waals surface area (Å²) in [5.74, 6) is 0. The summed E-state index contributed by atoms with van der Waals surface area (Å²) >= 11 is 0. The van der Waals surface area contributed by atoms with Crippen molar-refractivity contribution < 1.29 is 9.47 Å². The number of likely N-dealkylation sites (N-methyl/N-ethyl adjacent to an activating group) is 1. The topological polar surface area (TPSA) is 30.5 Å². The Balaban J connectivity index is 1.77. The average molecular weight is 263 g/mol. The quantitative estimate of drug-likeness (QED) is 0.820. The van der Waals surface area contributed by atoms with Crippen molar-refractivity contribution in [3.8, 4) is 0 Å². The van der Waals surface area contributed by atoms with Gasteiger partial charge >= 0.3 is 0 Å². The summed E-state index contributed by atoms with van der Waals surface area (Å²) in [6.45, 7) is 5.39. The molecule has 0 aliphatic carbocycles. The number of hydrogen-bond acceptors (Lipinski definition) is 3. The van der Waals surface area contributed by atoms with E-state index in [0.717, 1.165) is 19.6 Å². The monoisotopic (exact) mass is 263 g/mol. The summed E-state index contributed by atoms with van der Waals surface area (Å²) in [5.41, 5.74) is 1.29. The molecule has 2 unspecified atom stereocenters. The Morgan fingerprint density at radius 2 is 2.16 bits per heavy atom. The third-order valence-electron chi connectivity index (χ3n) is 3.51. The van der Waals surface area contributed by atoms with Gasteiger partial charge in [-0.05, 0) is 31.4 Å². The maximum Gasteiger partial charge on any atom is 0.0808 e. The number of rotatable bonds is 7. The van der Waals surface area contributed by atoms with Gasteiger partial charge in [0.2, 0.25) is 0 Å². The Labute approximate surface area is 116 Å². The number of hydrogen-bond donors (Lipinski definition) is 1. The summed E-state index contributed by atoms with van der Waals surface area (Å²) in [6.07, 6.45) is 3.90. The van der Waals surface area contributed by atoms with Gasteiger partial charge in [-0.3, -0.25) is 0 Å². The highest BCUT2D eigenvalue weighted by molar-refractivity contribution is 5.18. The predicted octanol–water partition coefficient (Wildman–Crippen LogP) is 2.92. The normalized spacial score (nSPS) is 21.2. The van der Waals surface area contributed by atoms with Crippen LogP contribution in [0.2, 0.25) is 0 Å². The molecule has 1 fully saturated rings. The van der Waals surface area contributed by atoms with Crippen LogP contribution < -0.4 is 5.32 Å². The molecule has 1 N–H and O–H groups in total. The zero-order valence-electron chi connectivity index (χ0n) is 11.8. The van der Waals surface area contributed by atoms with Crippen LogP contribution in [0.5, 0.6) is 0 Å². The molecule has 1 aromatic carbocycles. The van der Waals surface area contributed by atoms with Gasteiger partial charge in [-0.2, -0.15) is 0 Å². The SMILES string of the molecule is CCNC(COCC1CCCCO1)c1ccccc1. The molecule has 0 radical (unpaired) electrons. The first-order valence-corrected chi connectivity index (χ1v) is 7.38. The zero-order chi connectivity index (χ0) is 13.3. The van der Waals surface area contributed by atoms with Gasteiger partial charge in [0, 0.05) is 6.61 Å². The molecule has 2 atom stereocenters. The van der Waals surface area contributed by atoms with Crippen LogP contribution in [0.1, 0.15) is 37.8 Å². The summed E-state index contributed by atoms with van der Waals surface area (Å²) < 4.78 is 11.5. The first-order valence-electron chi connectivity index (χ1n) is 7.38. The second-order valence-corrected chi connectivity index (χ2v) is 5.05. The van der Waals surface area contributed by atoms with E-state index in [2.05, 4.69) is 36.5 Å². The van der Waals surface area contributed by atoms with E-state index in [1.165, 1.54) is 18.4 Å². The van der Waals surface area contributed by atoms with Crippen LogP contribution in [0.25, 0.3) is 0 Å². The highest BCUT2D eigenvalue weighted by atomic mass is 16.5. The van der Waals surface area contributed by atoms with Gasteiger partial charge in [0.15, 0.2) is 0 Å². The van der Waals surface area contributed by atoms with E-state index in [4.69, 9.17) is 9.47 Å². The van der Waals surface area contributed by atoms with Crippen LogP contribution in [-0.4, -0.2) is 32.5 Å². The van der Waals surface area contributed by atoms with Crippen molar-refractivity contribution in [3.05, 3.63) is 35.9 Å². The first kappa shape index (κ1) is 14.5.